The molecule has 5 heteroatoms. The Morgan fingerprint density at radius 3 is 2.78 bits per heavy atom. The van der Waals surface area contributed by atoms with Crippen molar-refractivity contribution in [1.29, 1.82) is 0 Å². The first kappa shape index (κ1) is 19.1. The fourth-order valence-electron chi connectivity index (χ4n) is 6.89. The normalized spacial score (nSPS) is 48.6. The summed E-state index contributed by atoms with van der Waals surface area (Å²) in [6.07, 6.45) is 7.12. The van der Waals surface area contributed by atoms with Crippen LogP contribution in [0.25, 0.3) is 0 Å². The molecule has 0 heterocycles. The molecule has 4 aliphatic rings. The van der Waals surface area contributed by atoms with Crippen LogP contribution in [0.3, 0.4) is 0 Å². The van der Waals surface area contributed by atoms with Crippen LogP contribution in [0.5, 0.6) is 0 Å². The second kappa shape index (κ2) is 5.88. The minimum atomic E-state index is -1.68. The van der Waals surface area contributed by atoms with Crippen molar-refractivity contribution in [2.24, 2.45) is 28.6 Å². The molecule has 4 rings (SSSR count). The molecule has 27 heavy (non-hydrogen) atoms. The van der Waals surface area contributed by atoms with Crippen molar-refractivity contribution < 1.29 is 19.8 Å². The standard InChI is InChI=1S/C22H27ClO4/c1-12-8-16-15-5-4-13-9-14(24)6-7-20(13,2)19(15)17(25)10-21(16,3)22(12,27)18(26)11-23/h6-7,9,15-17,19,25,27H,1,4-5,8,10-11H2,2-3H3/t15-,16-,17?,19+,20-,21-,22-/m0/s1. The summed E-state index contributed by atoms with van der Waals surface area (Å²) in [6.45, 7) is 8.05. The van der Waals surface area contributed by atoms with E-state index in [0.717, 1.165) is 18.4 Å². The van der Waals surface area contributed by atoms with Crippen LogP contribution >= 0.6 is 11.6 Å². The molecule has 0 aromatic heterocycles. The molecule has 0 spiro atoms. The third-order valence-electron chi connectivity index (χ3n) is 8.22. The van der Waals surface area contributed by atoms with Gasteiger partial charge in [0, 0.05) is 16.7 Å². The molecule has 0 amide bonds. The smallest absolute Gasteiger partial charge is 0.183 e. The van der Waals surface area contributed by atoms with E-state index in [4.69, 9.17) is 11.6 Å². The highest BCUT2D eigenvalue weighted by molar-refractivity contribution is 6.29. The number of halogens is 1. The molecule has 4 nitrogen and oxygen atoms in total. The number of allylic oxidation sites excluding steroid dienone is 4. The summed E-state index contributed by atoms with van der Waals surface area (Å²) >= 11 is 5.82. The number of fused-ring (bicyclic) bond motifs is 5. The Kier molecular flexibility index (Phi) is 4.16. The molecule has 0 bridgehead atoms. The highest BCUT2D eigenvalue weighted by Gasteiger charge is 2.69. The van der Waals surface area contributed by atoms with E-state index in [0.29, 0.717) is 18.4 Å². The lowest BCUT2D eigenvalue weighted by molar-refractivity contribution is -0.169. The number of hydrogen-bond donors (Lipinski definition) is 2. The lowest BCUT2D eigenvalue weighted by Gasteiger charge is -2.59. The van der Waals surface area contributed by atoms with Gasteiger partial charge < -0.3 is 10.2 Å². The number of ketones is 2. The zero-order chi connectivity index (χ0) is 19.8. The van der Waals surface area contributed by atoms with Crippen LogP contribution in [0.4, 0.5) is 0 Å². The number of carbonyl (C=O) groups is 2. The van der Waals surface area contributed by atoms with E-state index in [9.17, 15) is 19.8 Å². The second-order valence-electron chi connectivity index (χ2n) is 9.29. The van der Waals surface area contributed by atoms with Gasteiger partial charge in [-0.2, -0.15) is 0 Å². The van der Waals surface area contributed by atoms with Gasteiger partial charge in [0.15, 0.2) is 17.2 Å². The van der Waals surface area contributed by atoms with Gasteiger partial charge in [-0.1, -0.05) is 32.1 Å². The molecule has 0 aromatic rings. The molecule has 0 radical (unpaired) electrons. The molecule has 0 saturated heterocycles. The molecule has 1 unspecified atom stereocenters. The number of alkyl halides is 1. The predicted molar refractivity (Wildman–Crippen MR) is 103 cm³/mol. The highest BCUT2D eigenvalue weighted by atomic mass is 35.5. The molecule has 2 N–H and O–H groups in total. The van der Waals surface area contributed by atoms with Crippen LogP contribution in [-0.2, 0) is 9.59 Å². The average Bonchev–Trinajstić information content (AvgIpc) is 2.82. The third-order valence-corrected chi connectivity index (χ3v) is 8.46. The molecule has 4 aliphatic carbocycles. The Bertz CT molecular complexity index is 798. The molecule has 3 saturated carbocycles. The van der Waals surface area contributed by atoms with Gasteiger partial charge in [-0.05, 0) is 55.2 Å². The summed E-state index contributed by atoms with van der Waals surface area (Å²) in [5.74, 6) is -0.519. The van der Waals surface area contributed by atoms with Crippen LogP contribution in [0.1, 0.15) is 39.5 Å². The third kappa shape index (κ3) is 2.24. The van der Waals surface area contributed by atoms with E-state index >= 15 is 0 Å². The van der Waals surface area contributed by atoms with E-state index in [1.54, 1.807) is 12.2 Å². The first-order valence-corrected chi connectivity index (χ1v) is 10.2. The van der Waals surface area contributed by atoms with Crippen molar-refractivity contribution in [3.8, 4) is 0 Å². The Morgan fingerprint density at radius 1 is 1.41 bits per heavy atom. The van der Waals surface area contributed by atoms with Crippen LogP contribution in [0.2, 0.25) is 0 Å². The first-order chi connectivity index (χ1) is 12.6. The zero-order valence-electron chi connectivity index (χ0n) is 15.9. The highest BCUT2D eigenvalue weighted by Crippen LogP contribution is 2.68. The maximum atomic E-state index is 12.6. The van der Waals surface area contributed by atoms with Gasteiger partial charge in [0.05, 0.1) is 12.0 Å². The quantitative estimate of drug-likeness (QED) is 0.561. The summed E-state index contributed by atoms with van der Waals surface area (Å²) in [5, 5.41) is 22.6. The van der Waals surface area contributed by atoms with E-state index in [2.05, 4.69) is 13.5 Å². The van der Waals surface area contributed by atoms with Crippen LogP contribution < -0.4 is 0 Å². The van der Waals surface area contributed by atoms with Gasteiger partial charge in [0.25, 0.3) is 0 Å². The van der Waals surface area contributed by atoms with Crippen molar-refractivity contribution >= 4 is 23.2 Å². The van der Waals surface area contributed by atoms with Crippen LogP contribution in [-0.4, -0.2) is 39.4 Å². The largest absolute Gasteiger partial charge is 0.393 e. The number of rotatable bonds is 2. The van der Waals surface area contributed by atoms with E-state index in [1.807, 2.05) is 13.0 Å². The molecule has 146 valence electrons. The summed E-state index contributed by atoms with van der Waals surface area (Å²) in [5.41, 5.74) is -1.21. The van der Waals surface area contributed by atoms with E-state index in [-0.39, 0.29) is 34.8 Å². The monoisotopic (exact) mass is 390 g/mol. The van der Waals surface area contributed by atoms with Gasteiger partial charge in [-0.25, -0.2) is 0 Å². The maximum Gasteiger partial charge on any atom is 0.183 e. The van der Waals surface area contributed by atoms with Gasteiger partial charge in [-0.3, -0.25) is 9.59 Å². The molecular formula is C22H27ClO4. The predicted octanol–water partition coefficient (Wildman–Crippen LogP) is 2.97. The second-order valence-corrected chi connectivity index (χ2v) is 9.55. The molecule has 7 atom stereocenters. The van der Waals surface area contributed by atoms with Gasteiger partial charge >= 0.3 is 0 Å². The fraction of sp³-hybridized carbons (Fsp3) is 0.636. The first-order valence-electron chi connectivity index (χ1n) is 9.72. The Morgan fingerprint density at radius 2 is 2.11 bits per heavy atom. The maximum absolute atomic E-state index is 12.6. The lowest BCUT2D eigenvalue weighted by Crippen LogP contribution is -2.61. The van der Waals surface area contributed by atoms with Gasteiger partial charge in [0.2, 0.25) is 0 Å². The summed E-state index contributed by atoms with van der Waals surface area (Å²) in [4.78, 5) is 24.5. The summed E-state index contributed by atoms with van der Waals surface area (Å²) < 4.78 is 0. The molecular weight excluding hydrogens is 364 g/mol. The van der Waals surface area contributed by atoms with Crippen molar-refractivity contribution in [1.82, 2.24) is 0 Å². The lowest BCUT2D eigenvalue weighted by atomic mass is 9.46. The molecule has 0 aromatic carbocycles. The van der Waals surface area contributed by atoms with Crippen molar-refractivity contribution in [3.05, 3.63) is 36.0 Å². The summed E-state index contributed by atoms with van der Waals surface area (Å²) in [7, 11) is 0. The van der Waals surface area contributed by atoms with E-state index in [1.165, 1.54) is 0 Å². The van der Waals surface area contributed by atoms with Gasteiger partial charge in [-0.15, -0.1) is 11.6 Å². The summed E-state index contributed by atoms with van der Waals surface area (Å²) in [6, 6.07) is 0. The average molecular weight is 391 g/mol. The fourth-order valence-corrected chi connectivity index (χ4v) is 7.09. The Hall–Kier alpha value is -1.23. The van der Waals surface area contributed by atoms with Crippen molar-refractivity contribution in [2.75, 3.05) is 5.88 Å². The number of hydrogen-bond acceptors (Lipinski definition) is 4. The zero-order valence-corrected chi connectivity index (χ0v) is 16.6. The number of aliphatic hydroxyl groups is 2. The van der Waals surface area contributed by atoms with Crippen LogP contribution in [0.15, 0.2) is 36.0 Å². The number of aliphatic hydroxyl groups excluding tert-OH is 1. The Balaban J connectivity index is 1.79. The number of Topliss-reactive ketones (excluding diaryl/α,β-unsaturated/α-hetero) is 1. The number of carbonyl (C=O) groups excluding carboxylic acids is 2. The minimum absolute atomic E-state index is 0.00684. The minimum Gasteiger partial charge on any atom is -0.393 e. The van der Waals surface area contributed by atoms with Crippen molar-refractivity contribution in [2.45, 2.75) is 51.2 Å². The van der Waals surface area contributed by atoms with Crippen molar-refractivity contribution in [3.63, 3.8) is 0 Å². The SMILES string of the molecule is C=C1C[C@H]2[C@@H]3CCC4=CC(=O)C=C[C@]4(C)[C@H]3C(O)C[C@]2(C)[C@@]1(O)C(=O)CCl. The molecule has 3 fully saturated rings. The topological polar surface area (TPSA) is 74.6 Å². The van der Waals surface area contributed by atoms with Crippen LogP contribution in [0, 0.1) is 28.6 Å². The molecule has 0 aliphatic heterocycles. The van der Waals surface area contributed by atoms with E-state index < -0.39 is 22.9 Å². The Labute approximate surface area is 165 Å². The van der Waals surface area contributed by atoms with Gasteiger partial charge in [0.1, 0.15) is 0 Å².